The van der Waals surface area contributed by atoms with Crippen LogP contribution < -0.4 is 0 Å². The van der Waals surface area contributed by atoms with Gasteiger partial charge in [0.1, 0.15) is 6.29 Å². The van der Waals surface area contributed by atoms with Gasteiger partial charge < -0.3 is 4.79 Å². The lowest BCUT2D eigenvalue weighted by Crippen LogP contribution is -2.06. The molecule has 0 fully saturated rings. The van der Waals surface area contributed by atoms with E-state index in [0.717, 1.165) is 6.29 Å². The van der Waals surface area contributed by atoms with E-state index in [1.54, 1.807) is 0 Å². The summed E-state index contributed by atoms with van der Waals surface area (Å²) in [6.07, 6.45) is -2.48. The maximum Gasteiger partial charge on any atom is 0.389 e. The van der Waals surface area contributed by atoms with Gasteiger partial charge in [0.05, 0.1) is 0 Å². The number of carbonyl (C=O) groups is 1. The minimum absolute atomic E-state index is 0.136. The second-order valence-electron chi connectivity index (χ2n) is 2.38. The molecule has 0 heterocycles. The summed E-state index contributed by atoms with van der Waals surface area (Å²) in [6.45, 7) is 0. The topological polar surface area (TPSA) is 17.1 Å². The minimum Gasteiger partial charge on any atom is -0.303 e. The third-order valence-electron chi connectivity index (χ3n) is 1.28. The number of hydrogen-bond acceptors (Lipinski definition) is 1. The minimum atomic E-state index is -4.04. The first-order valence-electron chi connectivity index (χ1n) is 3.56. The molecule has 0 aliphatic rings. The van der Waals surface area contributed by atoms with Crippen LogP contribution in [0.5, 0.6) is 0 Å². The Morgan fingerprint density at radius 3 is 2.18 bits per heavy atom. The van der Waals surface area contributed by atoms with Crippen LogP contribution in [0.3, 0.4) is 0 Å². The molecule has 0 aromatic rings. The third-order valence-corrected chi connectivity index (χ3v) is 1.28. The fraction of sp³-hybridized carbons (Fsp3) is 0.857. The van der Waals surface area contributed by atoms with Crippen LogP contribution in [0.4, 0.5) is 13.2 Å². The normalized spacial score (nSPS) is 11.5. The zero-order valence-corrected chi connectivity index (χ0v) is 6.16. The number of unbranched alkanes of at least 4 members (excludes halogenated alkanes) is 3. The molecule has 0 radical (unpaired) electrons. The van der Waals surface area contributed by atoms with E-state index in [1.807, 2.05) is 0 Å². The summed E-state index contributed by atoms with van der Waals surface area (Å²) in [7, 11) is 0. The van der Waals surface area contributed by atoms with Crippen LogP contribution in [-0.2, 0) is 4.79 Å². The van der Waals surface area contributed by atoms with Gasteiger partial charge >= 0.3 is 6.18 Å². The quantitative estimate of drug-likeness (QED) is 0.455. The molecule has 4 heteroatoms. The smallest absolute Gasteiger partial charge is 0.303 e. The zero-order chi connectivity index (χ0) is 8.74. The molecule has 11 heavy (non-hydrogen) atoms. The van der Waals surface area contributed by atoms with Gasteiger partial charge in [-0.2, -0.15) is 13.2 Å². The van der Waals surface area contributed by atoms with E-state index < -0.39 is 12.6 Å². The van der Waals surface area contributed by atoms with Crippen molar-refractivity contribution in [1.29, 1.82) is 0 Å². The van der Waals surface area contributed by atoms with Crippen LogP contribution in [0.15, 0.2) is 0 Å². The fourth-order valence-corrected chi connectivity index (χ4v) is 0.730. The molecular weight excluding hydrogens is 157 g/mol. The van der Waals surface area contributed by atoms with Gasteiger partial charge in [-0.15, -0.1) is 0 Å². The Morgan fingerprint density at radius 1 is 1.09 bits per heavy atom. The summed E-state index contributed by atoms with van der Waals surface area (Å²) in [6, 6.07) is 0. The van der Waals surface area contributed by atoms with Crippen molar-refractivity contribution in [3.05, 3.63) is 0 Å². The van der Waals surface area contributed by atoms with Crippen molar-refractivity contribution < 1.29 is 18.0 Å². The highest BCUT2D eigenvalue weighted by Crippen LogP contribution is 2.22. The van der Waals surface area contributed by atoms with Gasteiger partial charge in [-0.05, 0) is 12.8 Å². The molecule has 0 aliphatic carbocycles. The maximum atomic E-state index is 11.5. The van der Waals surface area contributed by atoms with Crippen molar-refractivity contribution in [2.75, 3.05) is 0 Å². The number of halogens is 3. The highest BCUT2D eigenvalue weighted by molar-refractivity contribution is 5.48. The highest BCUT2D eigenvalue weighted by Gasteiger charge is 2.25. The number of rotatable bonds is 5. The molecule has 0 N–H and O–H groups in total. The second kappa shape index (κ2) is 5.16. The van der Waals surface area contributed by atoms with Crippen molar-refractivity contribution in [3.8, 4) is 0 Å². The molecule has 0 saturated carbocycles. The Balaban J connectivity index is 3.08. The maximum absolute atomic E-state index is 11.5. The summed E-state index contributed by atoms with van der Waals surface area (Å²) >= 11 is 0. The van der Waals surface area contributed by atoms with Gasteiger partial charge in [0, 0.05) is 12.8 Å². The van der Waals surface area contributed by atoms with Crippen molar-refractivity contribution in [1.82, 2.24) is 0 Å². The van der Waals surface area contributed by atoms with Gasteiger partial charge in [-0.25, -0.2) is 0 Å². The molecule has 0 aromatic heterocycles. The number of aldehydes is 1. The van der Waals surface area contributed by atoms with Crippen molar-refractivity contribution in [3.63, 3.8) is 0 Å². The predicted molar refractivity (Wildman–Crippen MR) is 35.2 cm³/mol. The summed E-state index contributed by atoms with van der Waals surface area (Å²) in [4.78, 5) is 9.74. The van der Waals surface area contributed by atoms with Crippen LogP contribution in [0, 0.1) is 0 Å². The van der Waals surface area contributed by atoms with Crippen LogP contribution >= 0.6 is 0 Å². The standard InChI is InChI=1S/C7H11F3O/c8-7(9,10)5-3-1-2-4-6-11/h6H,1-5H2. The SMILES string of the molecule is O=CCCCCCC(F)(F)F. The first kappa shape index (κ1) is 10.5. The lowest BCUT2D eigenvalue weighted by atomic mass is 10.1. The van der Waals surface area contributed by atoms with Gasteiger partial charge in [0.25, 0.3) is 0 Å². The molecule has 66 valence electrons. The summed E-state index contributed by atoms with van der Waals surface area (Å²) in [5.41, 5.74) is 0. The molecule has 0 saturated heterocycles. The van der Waals surface area contributed by atoms with Crippen LogP contribution in [0.2, 0.25) is 0 Å². The van der Waals surface area contributed by atoms with Crippen molar-refractivity contribution in [2.24, 2.45) is 0 Å². The predicted octanol–water partition coefficient (Wildman–Crippen LogP) is 2.70. The molecule has 0 spiro atoms. The Morgan fingerprint density at radius 2 is 1.73 bits per heavy atom. The van der Waals surface area contributed by atoms with Crippen LogP contribution in [0.1, 0.15) is 32.1 Å². The van der Waals surface area contributed by atoms with Crippen molar-refractivity contribution in [2.45, 2.75) is 38.3 Å². The van der Waals surface area contributed by atoms with E-state index in [1.165, 1.54) is 0 Å². The molecule has 0 bridgehead atoms. The Labute approximate surface area is 63.6 Å². The Bertz CT molecular complexity index is 109. The van der Waals surface area contributed by atoms with Gasteiger partial charge in [-0.3, -0.25) is 0 Å². The molecule has 0 amide bonds. The average molecular weight is 168 g/mol. The second-order valence-corrected chi connectivity index (χ2v) is 2.38. The van der Waals surface area contributed by atoms with E-state index >= 15 is 0 Å². The summed E-state index contributed by atoms with van der Waals surface area (Å²) < 4.78 is 34.5. The van der Waals surface area contributed by atoms with E-state index in [4.69, 9.17) is 0 Å². The number of alkyl halides is 3. The van der Waals surface area contributed by atoms with Gasteiger partial charge in [0.2, 0.25) is 0 Å². The van der Waals surface area contributed by atoms with E-state index in [-0.39, 0.29) is 6.42 Å². The molecular formula is C7H11F3O. The largest absolute Gasteiger partial charge is 0.389 e. The van der Waals surface area contributed by atoms with Crippen LogP contribution in [-0.4, -0.2) is 12.5 Å². The van der Waals surface area contributed by atoms with Gasteiger partial charge in [-0.1, -0.05) is 6.42 Å². The Hall–Kier alpha value is -0.540. The zero-order valence-electron chi connectivity index (χ0n) is 6.16. The van der Waals surface area contributed by atoms with Gasteiger partial charge in [0.15, 0.2) is 0 Å². The van der Waals surface area contributed by atoms with E-state index in [2.05, 4.69) is 0 Å². The fourth-order valence-electron chi connectivity index (χ4n) is 0.730. The average Bonchev–Trinajstić information content (AvgIpc) is 1.85. The number of carbonyl (C=O) groups excluding carboxylic acids is 1. The number of hydrogen-bond donors (Lipinski definition) is 0. The molecule has 0 aliphatic heterocycles. The molecule has 0 rings (SSSR count). The lowest BCUT2D eigenvalue weighted by Gasteiger charge is -2.03. The third kappa shape index (κ3) is 9.46. The Kier molecular flexibility index (Phi) is 4.90. The summed E-state index contributed by atoms with van der Waals surface area (Å²) in [5, 5.41) is 0. The van der Waals surface area contributed by atoms with E-state index in [0.29, 0.717) is 19.3 Å². The van der Waals surface area contributed by atoms with Crippen molar-refractivity contribution >= 4 is 6.29 Å². The highest BCUT2D eigenvalue weighted by atomic mass is 19.4. The molecule has 1 nitrogen and oxygen atoms in total. The first-order chi connectivity index (χ1) is 5.06. The summed E-state index contributed by atoms with van der Waals surface area (Å²) in [5.74, 6) is 0. The molecule has 0 unspecified atom stereocenters. The monoisotopic (exact) mass is 168 g/mol. The molecule has 0 aromatic carbocycles. The van der Waals surface area contributed by atoms with Crippen LogP contribution in [0.25, 0.3) is 0 Å². The first-order valence-corrected chi connectivity index (χ1v) is 3.56. The lowest BCUT2D eigenvalue weighted by molar-refractivity contribution is -0.135. The molecule has 0 atom stereocenters. The van der Waals surface area contributed by atoms with E-state index in [9.17, 15) is 18.0 Å².